The summed E-state index contributed by atoms with van der Waals surface area (Å²) in [6.45, 7) is 4.11. The molecule has 0 aliphatic carbocycles. The van der Waals surface area contributed by atoms with Gasteiger partial charge < -0.3 is 37.9 Å². The van der Waals surface area contributed by atoms with Crippen LogP contribution in [0.5, 0.6) is 0 Å². The minimum absolute atomic E-state index is 0.0334. The van der Waals surface area contributed by atoms with E-state index in [-0.39, 0.29) is 44.4 Å². The van der Waals surface area contributed by atoms with Crippen LogP contribution in [0.2, 0.25) is 0 Å². The van der Waals surface area contributed by atoms with E-state index in [0.717, 1.165) is 0 Å². The van der Waals surface area contributed by atoms with Crippen LogP contribution in [-0.4, -0.2) is 73.5 Å². The first-order chi connectivity index (χ1) is 15.6. The summed E-state index contributed by atoms with van der Waals surface area (Å²) >= 11 is 0. The lowest BCUT2D eigenvalue weighted by Crippen LogP contribution is -2.55. The molecular weight excluding hydrogens is 436 g/mol. The number of amides is 4. The summed E-state index contributed by atoms with van der Waals surface area (Å²) in [5.74, 6) is -2.53. The van der Waals surface area contributed by atoms with Crippen LogP contribution in [0.4, 0.5) is 0 Å². The second-order valence-electron chi connectivity index (χ2n) is 7.83. The molecule has 1 saturated heterocycles. The van der Waals surface area contributed by atoms with Crippen molar-refractivity contribution in [2.24, 2.45) is 33.2 Å². The maximum atomic E-state index is 12.9. The van der Waals surface area contributed by atoms with Gasteiger partial charge in [0.15, 0.2) is 18.2 Å². The Bertz CT molecular complexity index is 791. The fourth-order valence-corrected chi connectivity index (χ4v) is 2.93. The molecule has 0 saturated carbocycles. The second kappa shape index (κ2) is 13.8. The number of ether oxygens (including phenoxy) is 1. The minimum atomic E-state index is -1.04. The van der Waals surface area contributed by atoms with E-state index >= 15 is 0 Å². The van der Waals surface area contributed by atoms with E-state index in [2.05, 4.69) is 31.0 Å². The number of azide groups is 1. The summed E-state index contributed by atoms with van der Waals surface area (Å²) in [6.07, 6.45) is -1.16. The summed E-state index contributed by atoms with van der Waals surface area (Å²) in [7, 11) is 0. The Hall–Kier alpha value is -3.58. The van der Waals surface area contributed by atoms with Gasteiger partial charge in [-0.1, -0.05) is 19.0 Å². The number of nitrogens with one attached hydrogen (secondary N) is 3. The number of carbonyl (C=O) groups excluding carboxylic acids is 4. The fraction of sp³-hybridized carbons (Fsp3) is 0.722. The van der Waals surface area contributed by atoms with Gasteiger partial charge in [0.05, 0.1) is 0 Å². The quantitative estimate of drug-likeness (QED) is 0.0292. The molecule has 2 unspecified atom stereocenters. The van der Waals surface area contributed by atoms with Crippen molar-refractivity contribution in [2.75, 3.05) is 19.6 Å². The van der Waals surface area contributed by atoms with Crippen LogP contribution < -0.4 is 33.2 Å². The third-order valence-electron chi connectivity index (χ3n) is 4.52. The molecule has 0 bridgehead atoms. The zero-order valence-corrected chi connectivity index (χ0v) is 18.7. The molecule has 1 aliphatic heterocycles. The van der Waals surface area contributed by atoms with Crippen LogP contribution in [0.3, 0.4) is 0 Å². The Morgan fingerprint density at radius 1 is 1.03 bits per heavy atom. The van der Waals surface area contributed by atoms with Crippen molar-refractivity contribution in [1.29, 1.82) is 0 Å². The van der Waals surface area contributed by atoms with Gasteiger partial charge in [0.1, 0.15) is 12.1 Å². The van der Waals surface area contributed by atoms with Crippen LogP contribution in [0.1, 0.15) is 33.1 Å². The van der Waals surface area contributed by atoms with Crippen LogP contribution in [0.15, 0.2) is 10.1 Å². The number of nitrogens with two attached hydrogens (primary N) is 3. The fourth-order valence-electron chi connectivity index (χ4n) is 2.93. The molecule has 0 spiro atoms. The molecule has 0 radical (unpaired) electrons. The van der Waals surface area contributed by atoms with E-state index in [9.17, 15) is 19.2 Å². The minimum Gasteiger partial charge on any atom is -0.370 e. The predicted octanol–water partition coefficient (Wildman–Crippen LogP) is -2.27. The van der Waals surface area contributed by atoms with Gasteiger partial charge in [-0.2, -0.15) is 0 Å². The smallest absolute Gasteiger partial charge is 0.253 e. The summed E-state index contributed by atoms with van der Waals surface area (Å²) in [6, 6.07) is -1.91. The van der Waals surface area contributed by atoms with E-state index in [1.807, 2.05) is 13.8 Å². The van der Waals surface area contributed by atoms with Crippen molar-refractivity contribution in [1.82, 2.24) is 16.0 Å². The highest BCUT2D eigenvalue weighted by Gasteiger charge is 2.50. The molecule has 1 heterocycles. The normalized spacial score (nSPS) is 18.3. The summed E-state index contributed by atoms with van der Waals surface area (Å²) < 4.78 is 4.94. The summed E-state index contributed by atoms with van der Waals surface area (Å²) in [5, 5.41) is 11.1. The first-order valence-electron chi connectivity index (χ1n) is 10.5. The first kappa shape index (κ1) is 27.5. The number of rotatable bonds is 15. The molecule has 33 heavy (non-hydrogen) atoms. The Morgan fingerprint density at radius 2 is 1.73 bits per heavy atom. The average molecular weight is 469 g/mol. The molecule has 184 valence electrons. The Morgan fingerprint density at radius 3 is 2.27 bits per heavy atom. The number of guanidine groups is 1. The second-order valence-corrected chi connectivity index (χ2v) is 7.83. The third kappa shape index (κ3) is 10.5. The zero-order valence-electron chi connectivity index (χ0n) is 18.7. The Labute approximate surface area is 190 Å². The highest BCUT2D eigenvalue weighted by Crippen LogP contribution is 2.22. The monoisotopic (exact) mass is 468 g/mol. The van der Waals surface area contributed by atoms with Gasteiger partial charge in [-0.3, -0.25) is 24.2 Å². The van der Waals surface area contributed by atoms with E-state index < -0.39 is 47.9 Å². The number of primary amides is 1. The average Bonchev–Trinajstić information content (AvgIpc) is 3.53. The molecular formula is C18H32N10O5. The molecule has 15 heteroatoms. The van der Waals surface area contributed by atoms with Gasteiger partial charge >= 0.3 is 0 Å². The molecule has 0 aromatic heterocycles. The standard InChI is InChI=1S/C18H32N10O5/c1-9(2)8-11(27-17(32)13-12(33-13)14(19)29)16(31)26-10(4-3-5-24-18(20)21)15(30)23-6-7-25-28-22/h9-13H,3-8H2,1-2H3,(H2,19,29)(H,23,30)(H,26,31)(H,27,32)(H4,20,21,24)/t10-,11-,12?,13?/m0/s1. The molecule has 4 amide bonds. The summed E-state index contributed by atoms with van der Waals surface area (Å²) in [5.41, 5.74) is 24.0. The molecule has 4 atom stereocenters. The highest BCUT2D eigenvalue weighted by molar-refractivity contribution is 5.97. The maximum absolute atomic E-state index is 12.9. The van der Waals surface area contributed by atoms with Crippen molar-refractivity contribution in [3.8, 4) is 0 Å². The van der Waals surface area contributed by atoms with Gasteiger partial charge in [-0.05, 0) is 30.7 Å². The van der Waals surface area contributed by atoms with E-state index in [1.165, 1.54) is 0 Å². The lowest BCUT2D eigenvalue weighted by Gasteiger charge is -2.24. The number of nitrogens with zero attached hydrogens (tertiary/aromatic N) is 4. The van der Waals surface area contributed by atoms with Gasteiger partial charge in [0.2, 0.25) is 17.7 Å². The summed E-state index contributed by atoms with van der Waals surface area (Å²) in [4.78, 5) is 55.4. The Kier molecular flexibility index (Phi) is 11.4. The van der Waals surface area contributed by atoms with Crippen molar-refractivity contribution in [2.45, 2.75) is 57.4 Å². The van der Waals surface area contributed by atoms with E-state index in [0.29, 0.717) is 6.42 Å². The van der Waals surface area contributed by atoms with Crippen molar-refractivity contribution in [3.05, 3.63) is 10.4 Å². The predicted molar refractivity (Wildman–Crippen MR) is 118 cm³/mol. The van der Waals surface area contributed by atoms with Gasteiger partial charge in [-0.15, -0.1) is 0 Å². The largest absolute Gasteiger partial charge is 0.370 e. The number of carbonyl (C=O) groups is 4. The van der Waals surface area contributed by atoms with Crippen LogP contribution in [0, 0.1) is 5.92 Å². The number of epoxide rings is 1. The van der Waals surface area contributed by atoms with Crippen molar-refractivity contribution in [3.63, 3.8) is 0 Å². The SMILES string of the molecule is CC(C)C[C@H](NC(=O)C1OC1C(N)=O)C(=O)N[C@@H](CCCN=C(N)N)C(=O)NCCN=[N+]=[N-]. The van der Waals surface area contributed by atoms with Crippen LogP contribution >= 0.6 is 0 Å². The van der Waals surface area contributed by atoms with Gasteiger partial charge in [0, 0.05) is 24.5 Å². The molecule has 9 N–H and O–H groups in total. The van der Waals surface area contributed by atoms with E-state index in [1.54, 1.807) is 0 Å². The molecule has 0 aromatic rings. The van der Waals surface area contributed by atoms with Gasteiger partial charge in [-0.25, -0.2) is 0 Å². The lowest BCUT2D eigenvalue weighted by atomic mass is 10.0. The zero-order chi connectivity index (χ0) is 25.0. The van der Waals surface area contributed by atoms with Crippen molar-refractivity contribution >= 4 is 29.6 Å². The first-order valence-corrected chi connectivity index (χ1v) is 10.5. The molecule has 15 nitrogen and oxygen atoms in total. The molecule has 0 aromatic carbocycles. The van der Waals surface area contributed by atoms with Crippen molar-refractivity contribution < 1.29 is 23.9 Å². The topological polar surface area (TPSA) is 256 Å². The van der Waals surface area contributed by atoms with Gasteiger partial charge in [0.25, 0.3) is 5.91 Å². The number of aliphatic imine (C=N–C) groups is 1. The maximum Gasteiger partial charge on any atom is 0.253 e. The highest BCUT2D eigenvalue weighted by atomic mass is 16.6. The third-order valence-corrected chi connectivity index (χ3v) is 4.52. The molecule has 1 rings (SSSR count). The van der Waals surface area contributed by atoms with Crippen LogP contribution in [0.25, 0.3) is 10.4 Å². The Balaban J connectivity index is 2.82. The van der Waals surface area contributed by atoms with E-state index in [4.69, 9.17) is 27.5 Å². The van der Waals surface area contributed by atoms with Crippen LogP contribution in [-0.2, 0) is 23.9 Å². The number of hydrogen-bond donors (Lipinski definition) is 6. The lowest BCUT2D eigenvalue weighted by molar-refractivity contribution is -0.132. The molecule has 1 aliphatic rings. The number of hydrogen-bond acceptors (Lipinski definition) is 7. The molecule has 1 fully saturated rings.